The minimum atomic E-state index is -3.93. The summed E-state index contributed by atoms with van der Waals surface area (Å²) in [6.07, 6.45) is -1.70. The summed E-state index contributed by atoms with van der Waals surface area (Å²) < 4.78 is 26.6. The first-order chi connectivity index (χ1) is 8.00. The number of aliphatic hydroxyl groups excluding tert-OH is 1. The third kappa shape index (κ3) is 6.40. The number of carbonyl (C=O) groups is 1. The number of hydrogen-bond acceptors (Lipinski definition) is 5. The topological polar surface area (TPSA) is 83.9 Å². The van der Waals surface area contributed by atoms with Crippen LogP contribution in [0.3, 0.4) is 0 Å². The number of hydrogen-bond donors (Lipinski definition) is 1. The number of aliphatic hydroxyl groups is 1. The molecule has 0 heterocycles. The Kier molecular flexibility index (Phi) is 7.20. The lowest BCUT2D eigenvalue weighted by molar-refractivity contribution is -0.143. The number of ether oxygens (including phenoxy) is 1. The van der Waals surface area contributed by atoms with E-state index in [9.17, 15) is 18.3 Å². The summed E-state index contributed by atoms with van der Waals surface area (Å²) in [5.74, 6) is -1.51. The maximum absolute atomic E-state index is 11.7. The molecule has 0 amide bonds. The van der Waals surface area contributed by atoms with Gasteiger partial charge in [-0.3, -0.25) is 4.79 Å². The van der Waals surface area contributed by atoms with E-state index in [1.54, 1.807) is 6.92 Å². The molecule has 1 unspecified atom stereocenters. The molecule has 0 aromatic heterocycles. The fourth-order valence-corrected chi connectivity index (χ4v) is 2.62. The molecule has 0 rings (SSSR count). The van der Waals surface area contributed by atoms with E-state index in [0.29, 0.717) is 0 Å². The Balaban J connectivity index is 4.59. The first-order valence-corrected chi connectivity index (χ1v) is 7.59. The summed E-state index contributed by atoms with van der Waals surface area (Å²) >= 11 is 16.1. The average Bonchev–Trinajstić information content (AvgIpc) is 2.15. The summed E-state index contributed by atoms with van der Waals surface area (Å²) in [6, 6.07) is 0. The van der Waals surface area contributed by atoms with Gasteiger partial charge >= 0.3 is 5.97 Å². The fraction of sp³-hybridized carbons (Fsp3) is 0.875. The number of alkyl halides is 3. The molecule has 0 fully saturated rings. The van der Waals surface area contributed by atoms with Crippen molar-refractivity contribution in [3.05, 3.63) is 0 Å². The molecule has 0 aliphatic rings. The smallest absolute Gasteiger partial charge is 0.321 e. The number of sulfonamides is 1. The number of likely N-dealkylation sites (N-methyl/N-ethyl adjacent to an activating group) is 1. The molecule has 6 nitrogen and oxygen atoms in total. The number of esters is 1. The average molecular weight is 343 g/mol. The highest BCUT2D eigenvalue weighted by Gasteiger charge is 2.36. The van der Waals surface area contributed by atoms with Crippen molar-refractivity contribution in [2.24, 2.45) is 0 Å². The van der Waals surface area contributed by atoms with Gasteiger partial charge in [0.2, 0.25) is 13.8 Å². The van der Waals surface area contributed by atoms with Gasteiger partial charge < -0.3 is 9.84 Å². The van der Waals surface area contributed by atoms with Gasteiger partial charge in [-0.15, -0.1) is 0 Å². The van der Waals surface area contributed by atoms with Crippen LogP contribution in [0.5, 0.6) is 0 Å². The van der Waals surface area contributed by atoms with Gasteiger partial charge in [-0.05, 0) is 6.92 Å². The van der Waals surface area contributed by atoms with Crippen LogP contribution in [0.1, 0.15) is 6.92 Å². The molecular weight excluding hydrogens is 329 g/mol. The van der Waals surface area contributed by atoms with Crippen molar-refractivity contribution in [2.75, 3.05) is 26.0 Å². The van der Waals surface area contributed by atoms with E-state index in [-0.39, 0.29) is 6.61 Å². The number of nitrogens with zero attached hydrogens (tertiary/aromatic N) is 1. The van der Waals surface area contributed by atoms with Crippen LogP contribution in [0.4, 0.5) is 0 Å². The van der Waals surface area contributed by atoms with Gasteiger partial charge in [0, 0.05) is 7.05 Å². The molecule has 108 valence electrons. The zero-order valence-corrected chi connectivity index (χ0v) is 12.9. The third-order valence-corrected chi connectivity index (χ3v) is 4.45. The maximum atomic E-state index is 11.7. The van der Waals surface area contributed by atoms with Gasteiger partial charge in [-0.1, -0.05) is 34.8 Å². The fourth-order valence-electron chi connectivity index (χ4n) is 0.908. The van der Waals surface area contributed by atoms with Crippen LogP contribution in [0, 0.1) is 0 Å². The van der Waals surface area contributed by atoms with Gasteiger partial charge in [-0.25, -0.2) is 8.42 Å². The molecule has 0 aromatic rings. The van der Waals surface area contributed by atoms with Crippen LogP contribution in [-0.4, -0.2) is 59.6 Å². The van der Waals surface area contributed by atoms with Crippen LogP contribution < -0.4 is 0 Å². The van der Waals surface area contributed by atoms with E-state index in [2.05, 4.69) is 4.74 Å². The number of halogens is 3. The van der Waals surface area contributed by atoms with Crippen LogP contribution >= 0.6 is 34.8 Å². The second-order valence-electron chi connectivity index (χ2n) is 3.40. The molecule has 0 aromatic carbocycles. The lowest BCUT2D eigenvalue weighted by atomic mass is 10.5. The van der Waals surface area contributed by atoms with E-state index in [0.717, 1.165) is 11.4 Å². The van der Waals surface area contributed by atoms with Crippen LogP contribution in [0.25, 0.3) is 0 Å². The number of carbonyl (C=O) groups excluding carboxylic acids is 1. The van der Waals surface area contributed by atoms with Crippen LogP contribution in [0.15, 0.2) is 0 Å². The highest BCUT2D eigenvalue weighted by molar-refractivity contribution is 7.89. The minimum absolute atomic E-state index is 0.142. The summed E-state index contributed by atoms with van der Waals surface area (Å²) in [4.78, 5) is 11.1. The van der Waals surface area contributed by atoms with Crippen molar-refractivity contribution in [1.29, 1.82) is 0 Å². The zero-order valence-electron chi connectivity index (χ0n) is 9.77. The van der Waals surface area contributed by atoms with Gasteiger partial charge in [0.15, 0.2) is 0 Å². The monoisotopic (exact) mass is 341 g/mol. The number of rotatable bonds is 6. The molecule has 0 saturated carbocycles. The van der Waals surface area contributed by atoms with Crippen molar-refractivity contribution in [3.8, 4) is 0 Å². The second kappa shape index (κ2) is 7.12. The molecule has 0 saturated heterocycles. The highest BCUT2D eigenvalue weighted by Crippen LogP contribution is 2.31. The summed E-state index contributed by atoms with van der Waals surface area (Å²) in [6.45, 7) is 1.27. The van der Waals surface area contributed by atoms with Crippen molar-refractivity contribution < 1.29 is 23.1 Å². The Morgan fingerprint density at radius 1 is 1.44 bits per heavy atom. The van der Waals surface area contributed by atoms with Crippen molar-refractivity contribution in [1.82, 2.24) is 4.31 Å². The van der Waals surface area contributed by atoms with Gasteiger partial charge in [-0.2, -0.15) is 4.31 Å². The molecule has 0 radical (unpaired) electrons. The van der Waals surface area contributed by atoms with E-state index in [1.165, 1.54) is 0 Å². The molecule has 0 bridgehead atoms. The highest BCUT2D eigenvalue weighted by atomic mass is 35.6. The lowest BCUT2D eigenvalue weighted by Gasteiger charge is -2.22. The largest absolute Gasteiger partial charge is 0.465 e. The second-order valence-corrected chi connectivity index (χ2v) is 7.89. The minimum Gasteiger partial charge on any atom is -0.465 e. The van der Waals surface area contributed by atoms with Crippen molar-refractivity contribution in [3.63, 3.8) is 0 Å². The predicted molar refractivity (Wildman–Crippen MR) is 69.3 cm³/mol. The Bertz CT molecular complexity index is 381. The van der Waals surface area contributed by atoms with Crippen LogP contribution in [0.2, 0.25) is 0 Å². The summed E-state index contributed by atoms with van der Waals surface area (Å²) in [5.41, 5.74) is 0. The molecule has 0 aliphatic carbocycles. The maximum Gasteiger partial charge on any atom is 0.321 e. The Hall–Kier alpha value is 0.210. The van der Waals surface area contributed by atoms with E-state index >= 15 is 0 Å². The standard InChI is InChI=1S/C8H14Cl3NO5S/c1-3-17-7(14)4-12(2)18(15,16)5-6(13)8(9,10)11/h6,13H,3-5H2,1-2H3. The molecule has 1 atom stereocenters. The SMILES string of the molecule is CCOC(=O)CN(C)S(=O)(=O)CC(O)C(Cl)(Cl)Cl. The molecule has 1 N–H and O–H groups in total. The Morgan fingerprint density at radius 2 is 1.94 bits per heavy atom. The van der Waals surface area contributed by atoms with E-state index in [4.69, 9.17) is 34.8 Å². The molecule has 10 heteroatoms. The van der Waals surface area contributed by atoms with Gasteiger partial charge in [0.25, 0.3) is 0 Å². The summed E-state index contributed by atoms with van der Waals surface area (Å²) in [7, 11) is -2.76. The summed E-state index contributed by atoms with van der Waals surface area (Å²) in [5, 5.41) is 9.39. The van der Waals surface area contributed by atoms with Crippen LogP contribution in [-0.2, 0) is 19.6 Å². The van der Waals surface area contributed by atoms with E-state index < -0.39 is 38.2 Å². The van der Waals surface area contributed by atoms with Crippen molar-refractivity contribution >= 4 is 50.8 Å². The van der Waals surface area contributed by atoms with Crippen molar-refractivity contribution in [2.45, 2.75) is 16.8 Å². The first-order valence-electron chi connectivity index (χ1n) is 4.85. The Morgan fingerprint density at radius 3 is 2.33 bits per heavy atom. The zero-order chi connectivity index (χ0) is 14.6. The molecule has 0 spiro atoms. The predicted octanol–water partition coefficient (Wildman–Crippen LogP) is 0.542. The van der Waals surface area contributed by atoms with E-state index in [1.807, 2.05) is 0 Å². The lowest BCUT2D eigenvalue weighted by Crippen LogP contribution is -2.41. The van der Waals surface area contributed by atoms with Gasteiger partial charge in [0.1, 0.15) is 12.6 Å². The first kappa shape index (κ1) is 18.2. The molecule has 0 aliphatic heterocycles. The molecule has 18 heavy (non-hydrogen) atoms. The molecular formula is C8H14Cl3NO5S. The third-order valence-electron chi connectivity index (χ3n) is 1.88. The van der Waals surface area contributed by atoms with Gasteiger partial charge in [0.05, 0.1) is 12.4 Å². The normalized spacial score (nSPS) is 14.6. The quantitative estimate of drug-likeness (QED) is 0.563. The Labute approximate surface area is 121 Å².